The number of nitrogen functional groups attached to an aromatic ring is 1. The van der Waals surface area contributed by atoms with Gasteiger partial charge in [-0.3, -0.25) is 4.79 Å². The third-order valence-corrected chi connectivity index (χ3v) is 5.27. The lowest BCUT2D eigenvalue weighted by Crippen LogP contribution is -2.23. The molecule has 2 N–H and O–H groups in total. The highest BCUT2D eigenvalue weighted by molar-refractivity contribution is 7.98. The Morgan fingerprint density at radius 3 is 2.90 bits per heavy atom. The van der Waals surface area contributed by atoms with Gasteiger partial charge in [0.25, 0.3) is 0 Å². The second-order valence-corrected chi connectivity index (χ2v) is 6.98. The first-order chi connectivity index (χ1) is 9.97. The molecule has 1 amide bonds. The molecule has 2 aromatic rings. The third kappa shape index (κ3) is 4.36. The van der Waals surface area contributed by atoms with Crippen molar-refractivity contribution >= 4 is 46.3 Å². The molecule has 1 aromatic heterocycles. The number of nitrogens with two attached hydrogens (primary N) is 1. The van der Waals surface area contributed by atoms with Crippen molar-refractivity contribution in [1.29, 1.82) is 0 Å². The van der Waals surface area contributed by atoms with Crippen LogP contribution < -0.4 is 5.73 Å². The molecule has 0 saturated heterocycles. The van der Waals surface area contributed by atoms with E-state index in [1.165, 1.54) is 11.3 Å². The van der Waals surface area contributed by atoms with Gasteiger partial charge in [-0.1, -0.05) is 17.7 Å². The van der Waals surface area contributed by atoms with Gasteiger partial charge in [-0.05, 0) is 12.1 Å². The van der Waals surface area contributed by atoms with E-state index in [0.717, 1.165) is 15.6 Å². The Morgan fingerprint density at radius 1 is 1.48 bits per heavy atom. The van der Waals surface area contributed by atoms with E-state index in [9.17, 15) is 4.79 Å². The second-order valence-electron chi connectivity index (χ2n) is 4.64. The molecule has 0 atom stereocenters. The van der Waals surface area contributed by atoms with Crippen LogP contribution in [-0.2, 0) is 17.0 Å². The number of carbonyl (C=O) groups is 1. The fourth-order valence-electron chi connectivity index (χ4n) is 1.61. The van der Waals surface area contributed by atoms with Gasteiger partial charge in [0.2, 0.25) is 5.91 Å². The number of amides is 1. The van der Waals surface area contributed by atoms with Crippen molar-refractivity contribution in [3.05, 3.63) is 39.3 Å². The summed E-state index contributed by atoms with van der Waals surface area (Å²) in [5.41, 5.74) is 7.52. The van der Waals surface area contributed by atoms with Gasteiger partial charge >= 0.3 is 0 Å². The molecule has 0 aliphatic rings. The number of nitrogens with zero attached hydrogens (tertiary/aromatic N) is 2. The third-order valence-electron chi connectivity index (χ3n) is 2.76. The minimum atomic E-state index is 0.0545. The van der Waals surface area contributed by atoms with Gasteiger partial charge < -0.3 is 10.6 Å². The molecule has 2 rings (SSSR count). The summed E-state index contributed by atoms with van der Waals surface area (Å²) in [6, 6.07) is 5.48. The quantitative estimate of drug-likeness (QED) is 0.669. The topological polar surface area (TPSA) is 59.2 Å². The average Bonchev–Trinajstić information content (AvgIpc) is 2.85. The fourth-order valence-corrected chi connectivity index (χ4v) is 3.72. The molecule has 1 aromatic carbocycles. The Kier molecular flexibility index (Phi) is 5.50. The zero-order valence-corrected chi connectivity index (χ0v) is 14.2. The Bertz CT molecular complexity index is 623. The lowest BCUT2D eigenvalue weighted by Gasteiger charge is -2.08. The van der Waals surface area contributed by atoms with Crippen LogP contribution in [0, 0.1) is 0 Å². The summed E-state index contributed by atoms with van der Waals surface area (Å²) in [7, 11) is 3.49. The number of anilines is 1. The molecule has 112 valence electrons. The van der Waals surface area contributed by atoms with Crippen molar-refractivity contribution in [3.8, 4) is 0 Å². The van der Waals surface area contributed by atoms with E-state index in [1.54, 1.807) is 30.8 Å². The monoisotopic (exact) mass is 341 g/mol. The summed E-state index contributed by atoms with van der Waals surface area (Å²) >= 11 is 9.20. The molecule has 21 heavy (non-hydrogen) atoms. The molecule has 1 heterocycles. The van der Waals surface area contributed by atoms with Crippen LogP contribution >= 0.6 is 34.7 Å². The lowest BCUT2D eigenvalue weighted by molar-refractivity contribution is -0.127. The number of thiazole rings is 1. The minimum absolute atomic E-state index is 0.0545. The largest absolute Gasteiger partial charge is 0.398 e. The van der Waals surface area contributed by atoms with Gasteiger partial charge in [-0.25, -0.2) is 4.98 Å². The Labute approximate surface area is 137 Å². The molecule has 7 heteroatoms. The van der Waals surface area contributed by atoms with Crippen LogP contribution in [0.25, 0.3) is 0 Å². The summed E-state index contributed by atoms with van der Waals surface area (Å²) in [4.78, 5) is 18.6. The van der Waals surface area contributed by atoms with Gasteiger partial charge in [0.1, 0.15) is 5.01 Å². The van der Waals surface area contributed by atoms with Gasteiger partial charge in [0.05, 0.1) is 17.1 Å². The van der Waals surface area contributed by atoms with Crippen LogP contribution in [-0.4, -0.2) is 29.9 Å². The van der Waals surface area contributed by atoms with E-state index < -0.39 is 0 Å². The first-order valence-corrected chi connectivity index (χ1v) is 8.52. The molecule has 0 aliphatic heterocycles. The van der Waals surface area contributed by atoms with Gasteiger partial charge in [0.15, 0.2) is 0 Å². The van der Waals surface area contributed by atoms with Crippen LogP contribution in [0.4, 0.5) is 5.69 Å². The number of carbonyl (C=O) groups excluding carboxylic acids is 1. The number of likely N-dealkylation sites (N-methyl/N-ethyl adjacent to an activating group) is 1. The Hall–Kier alpha value is -1.24. The van der Waals surface area contributed by atoms with Crippen LogP contribution in [0.1, 0.15) is 10.7 Å². The average molecular weight is 342 g/mol. The van der Waals surface area contributed by atoms with Crippen molar-refractivity contribution < 1.29 is 4.79 Å². The molecule has 0 fully saturated rings. The Morgan fingerprint density at radius 2 is 2.24 bits per heavy atom. The van der Waals surface area contributed by atoms with E-state index in [4.69, 9.17) is 17.3 Å². The van der Waals surface area contributed by atoms with Crippen LogP contribution in [0.15, 0.2) is 28.5 Å². The summed E-state index contributed by atoms with van der Waals surface area (Å²) in [6.45, 7) is 0. The summed E-state index contributed by atoms with van der Waals surface area (Å²) in [6.07, 6.45) is 0.344. The Balaban J connectivity index is 1.99. The molecule has 4 nitrogen and oxygen atoms in total. The second kappa shape index (κ2) is 7.15. The van der Waals surface area contributed by atoms with Crippen molar-refractivity contribution in [2.75, 3.05) is 19.8 Å². The zero-order valence-electron chi connectivity index (χ0n) is 11.8. The molecule has 0 saturated carbocycles. The van der Waals surface area contributed by atoms with Crippen LogP contribution in [0.2, 0.25) is 5.02 Å². The lowest BCUT2D eigenvalue weighted by atomic mass is 10.3. The first kappa shape index (κ1) is 16.1. The molecule has 0 spiro atoms. The maximum atomic E-state index is 11.6. The molecule has 0 aliphatic carbocycles. The number of halogens is 1. The van der Waals surface area contributed by atoms with Gasteiger partial charge in [-0.15, -0.1) is 23.1 Å². The number of benzene rings is 1. The highest BCUT2D eigenvalue weighted by atomic mass is 35.5. The number of hydrogen-bond donors (Lipinski definition) is 1. The molecule has 0 bridgehead atoms. The normalized spacial score (nSPS) is 10.6. The minimum Gasteiger partial charge on any atom is -0.398 e. The fraction of sp³-hybridized carbons (Fsp3) is 0.286. The van der Waals surface area contributed by atoms with Crippen molar-refractivity contribution in [3.63, 3.8) is 0 Å². The number of hydrogen-bond acceptors (Lipinski definition) is 5. The van der Waals surface area contributed by atoms with Gasteiger partial charge in [-0.2, -0.15) is 0 Å². The number of aromatic nitrogens is 1. The summed E-state index contributed by atoms with van der Waals surface area (Å²) < 4.78 is 0. The predicted octanol–water partition coefficient (Wildman–Crippen LogP) is 3.30. The molecular weight excluding hydrogens is 326 g/mol. The summed E-state index contributed by atoms with van der Waals surface area (Å²) in [5.74, 6) is 0.736. The van der Waals surface area contributed by atoms with E-state index in [-0.39, 0.29) is 5.91 Å². The standard InChI is InChI=1S/C14H16ClN3OS2/c1-18(2)13(19)6-12-17-9(7-20-12)8-21-14-10(15)4-3-5-11(14)16/h3-5,7H,6,8,16H2,1-2H3. The van der Waals surface area contributed by atoms with E-state index in [1.807, 2.05) is 23.6 Å². The molecule has 0 radical (unpaired) electrons. The number of rotatable bonds is 5. The first-order valence-electron chi connectivity index (χ1n) is 6.27. The number of thioether (sulfide) groups is 1. The van der Waals surface area contributed by atoms with E-state index in [2.05, 4.69) is 4.98 Å². The maximum Gasteiger partial charge on any atom is 0.228 e. The predicted molar refractivity (Wildman–Crippen MR) is 89.9 cm³/mol. The maximum absolute atomic E-state index is 11.6. The smallest absolute Gasteiger partial charge is 0.228 e. The van der Waals surface area contributed by atoms with Crippen molar-refractivity contribution in [1.82, 2.24) is 9.88 Å². The van der Waals surface area contributed by atoms with Crippen LogP contribution in [0.3, 0.4) is 0 Å². The van der Waals surface area contributed by atoms with Crippen LogP contribution in [0.5, 0.6) is 0 Å². The molecule has 0 unspecified atom stereocenters. The summed E-state index contributed by atoms with van der Waals surface area (Å²) in [5, 5.41) is 3.45. The van der Waals surface area contributed by atoms with Crippen molar-refractivity contribution in [2.45, 2.75) is 17.1 Å². The highest BCUT2D eigenvalue weighted by Gasteiger charge is 2.11. The van der Waals surface area contributed by atoms with E-state index >= 15 is 0 Å². The van der Waals surface area contributed by atoms with Crippen molar-refractivity contribution in [2.24, 2.45) is 0 Å². The zero-order chi connectivity index (χ0) is 15.4. The van der Waals surface area contributed by atoms with E-state index in [0.29, 0.717) is 22.9 Å². The van der Waals surface area contributed by atoms with Gasteiger partial charge in [0, 0.05) is 35.8 Å². The highest BCUT2D eigenvalue weighted by Crippen LogP contribution is 2.34. The SMILES string of the molecule is CN(C)C(=O)Cc1nc(CSc2c(N)cccc2Cl)cs1. The molecular formula is C14H16ClN3OS2.